The summed E-state index contributed by atoms with van der Waals surface area (Å²) in [5.74, 6) is 1.20. The van der Waals surface area contributed by atoms with Gasteiger partial charge in [0, 0.05) is 24.5 Å². The van der Waals surface area contributed by atoms with E-state index in [4.69, 9.17) is 5.73 Å². The van der Waals surface area contributed by atoms with Gasteiger partial charge in [0.15, 0.2) is 0 Å². The zero-order valence-corrected chi connectivity index (χ0v) is 13.0. The highest BCUT2D eigenvalue weighted by Crippen LogP contribution is 2.19. The number of nitrogens with two attached hydrogens (primary N) is 1. The summed E-state index contributed by atoms with van der Waals surface area (Å²) >= 11 is 1.90. The molecule has 2 N–H and O–H groups in total. The second-order valence-electron chi connectivity index (χ2n) is 4.97. The molecule has 0 aliphatic rings. The molecule has 0 aromatic carbocycles. The van der Waals surface area contributed by atoms with E-state index in [0.29, 0.717) is 6.04 Å². The van der Waals surface area contributed by atoms with Gasteiger partial charge in [-0.1, -0.05) is 0 Å². The average Bonchev–Trinajstić information content (AvgIpc) is 2.36. The van der Waals surface area contributed by atoms with Gasteiger partial charge in [0.2, 0.25) is 0 Å². The highest BCUT2D eigenvalue weighted by atomic mass is 32.2. The van der Waals surface area contributed by atoms with E-state index < -0.39 is 0 Å². The van der Waals surface area contributed by atoms with E-state index in [-0.39, 0.29) is 0 Å². The molecule has 0 aliphatic heterocycles. The maximum atomic E-state index is 6.05. The molecule has 102 valence electrons. The van der Waals surface area contributed by atoms with E-state index in [2.05, 4.69) is 37.0 Å². The predicted octanol–water partition coefficient (Wildman–Crippen LogP) is 2.85. The van der Waals surface area contributed by atoms with Gasteiger partial charge in [-0.3, -0.25) is 9.88 Å². The zero-order chi connectivity index (χ0) is 13.7. The van der Waals surface area contributed by atoms with Crippen LogP contribution < -0.4 is 5.73 Å². The highest BCUT2D eigenvalue weighted by molar-refractivity contribution is 7.98. The van der Waals surface area contributed by atoms with Crippen molar-refractivity contribution in [2.24, 2.45) is 0 Å². The van der Waals surface area contributed by atoms with E-state index in [1.54, 1.807) is 0 Å². The Kier molecular flexibility index (Phi) is 5.96. The van der Waals surface area contributed by atoms with Crippen LogP contribution in [0.1, 0.15) is 30.2 Å². The molecule has 0 bridgehead atoms. The van der Waals surface area contributed by atoms with Crippen molar-refractivity contribution in [3.63, 3.8) is 0 Å². The molecule has 0 amide bonds. The lowest BCUT2D eigenvalue weighted by atomic mass is 10.1. The van der Waals surface area contributed by atoms with E-state index in [1.165, 1.54) is 12.2 Å². The van der Waals surface area contributed by atoms with Crippen molar-refractivity contribution in [2.75, 3.05) is 24.8 Å². The first-order valence-corrected chi connectivity index (χ1v) is 7.76. The summed E-state index contributed by atoms with van der Waals surface area (Å²) in [6.45, 7) is 7.20. The van der Waals surface area contributed by atoms with Gasteiger partial charge in [0.25, 0.3) is 0 Å². The molecule has 18 heavy (non-hydrogen) atoms. The van der Waals surface area contributed by atoms with E-state index in [1.807, 2.05) is 24.9 Å². The van der Waals surface area contributed by atoms with Crippen LogP contribution in [0.3, 0.4) is 0 Å². The molecule has 4 heteroatoms. The van der Waals surface area contributed by atoms with E-state index in [9.17, 15) is 0 Å². The van der Waals surface area contributed by atoms with E-state index in [0.717, 1.165) is 29.1 Å². The van der Waals surface area contributed by atoms with Crippen LogP contribution in [-0.4, -0.2) is 35.0 Å². The fraction of sp³-hybridized carbons (Fsp3) is 0.643. The maximum absolute atomic E-state index is 6.05. The van der Waals surface area contributed by atoms with Gasteiger partial charge in [-0.2, -0.15) is 11.8 Å². The molecule has 0 aliphatic carbocycles. The predicted molar refractivity (Wildman–Crippen MR) is 82.1 cm³/mol. The van der Waals surface area contributed by atoms with Crippen molar-refractivity contribution in [3.05, 3.63) is 23.0 Å². The largest absolute Gasteiger partial charge is 0.398 e. The van der Waals surface area contributed by atoms with Crippen LogP contribution >= 0.6 is 11.8 Å². The molecule has 0 spiro atoms. The molecule has 0 radical (unpaired) electrons. The minimum Gasteiger partial charge on any atom is -0.398 e. The molecule has 0 saturated heterocycles. The van der Waals surface area contributed by atoms with Crippen molar-refractivity contribution in [1.29, 1.82) is 0 Å². The Labute approximate surface area is 115 Å². The summed E-state index contributed by atoms with van der Waals surface area (Å²) in [5, 5.41) is 0. The standard InChI is InChI=1S/C14H25N3S/c1-10-8-16-13(12(3)14(10)15)9-17(4)11(2)6-7-18-5/h8,11H,6-7,9H2,1-5H3,(H2,15,16). The molecule has 1 heterocycles. The van der Waals surface area contributed by atoms with Crippen molar-refractivity contribution in [1.82, 2.24) is 9.88 Å². The quantitative estimate of drug-likeness (QED) is 0.860. The van der Waals surface area contributed by atoms with Gasteiger partial charge >= 0.3 is 0 Å². The Bertz CT molecular complexity index is 393. The summed E-state index contributed by atoms with van der Waals surface area (Å²) in [7, 11) is 2.15. The lowest BCUT2D eigenvalue weighted by Gasteiger charge is -2.25. The van der Waals surface area contributed by atoms with Crippen LogP contribution in [0.15, 0.2) is 6.20 Å². The molecular formula is C14H25N3S. The van der Waals surface area contributed by atoms with Crippen LogP contribution in [0.25, 0.3) is 0 Å². The Balaban J connectivity index is 2.70. The molecule has 1 aromatic rings. The van der Waals surface area contributed by atoms with Gasteiger partial charge in [0.1, 0.15) is 0 Å². The molecule has 0 fully saturated rings. The summed E-state index contributed by atoms with van der Waals surface area (Å²) in [6, 6.07) is 0.571. The maximum Gasteiger partial charge on any atom is 0.0593 e. The monoisotopic (exact) mass is 267 g/mol. The fourth-order valence-corrected chi connectivity index (χ4v) is 2.43. The Morgan fingerprint density at radius 2 is 2.11 bits per heavy atom. The van der Waals surface area contributed by atoms with Crippen LogP contribution in [0.5, 0.6) is 0 Å². The summed E-state index contributed by atoms with van der Waals surface area (Å²) in [6.07, 6.45) is 5.23. The van der Waals surface area contributed by atoms with Gasteiger partial charge in [-0.05, 0) is 57.4 Å². The molecule has 1 unspecified atom stereocenters. The number of thioether (sulfide) groups is 1. The fourth-order valence-electron chi connectivity index (χ4n) is 1.85. The molecule has 1 rings (SSSR count). The average molecular weight is 267 g/mol. The SMILES string of the molecule is CSCCC(C)N(C)Cc1ncc(C)c(N)c1C. The summed E-state index contributed by atoms with van der Waals surface area (Å²) in [5.41, 5.74) is 10.2. The second-order valence-corrected chi connectivity index (χ2v) is 5.96. The number of hydrogen-bond donors (Lipinski definition) is 1. The Hall–Kier alpha value is -0.740. The first kappa shape index (κ1) is 15.3. The van der Waals surface area contributed by atoms with Crippen LogP contribution in [-0.2, 0) is 6.54 Å². The van der Waals surface area contributed by atoms with Crippen LogP contribution in [0, 0.1) is 13.8 Å². The van der Waals surface area contributed by atoms with Crippen LogP contribution in [0.4, 0.5) is 5.69 Å². The lowest BCUT2D eigenvalue weighted by Crippen LogP contribution is -2.29. The molecule has 1 atom stereocenters. The molecule has 0 saturated carbocycles. The lowest BCUT2D eigenvalue weighted by molar-refractivity contribution is 0.242. The smallest absolute Gasteiger partial charge is 0.0593 e. The third-order valence-electron chi connectivity index (χ3n) is 3.57. The number of aromatic nitrogens is 1. The summed E-state index contributed by atoms with van der Waals surface area (Å²) < 4.78 is 0. The summed E-state index contributed by atoms with van der Waals surface area (Å²) in [4.78, 5) is 6.86. The molecular weight excluding hydrogens is 242 g/mol. The number of rotatable bonds is 6. The first-order chi connectivity index (χ1) is 8.47. The number of nitrogen functional groups attached to an aromatic ring is 1. The van der Waals surface area contributed by atoms with E-state index >= 15 is 0 Å². The second kappa shape index (κ2) is 7.00. The van der Waals surface area contributed by atoms with Gasteiger partial charge in [-0.25, -0.2) is 0 Å². The van der Waals surface area contributed by atoms with Crippen molar-refractivity contribution in [3.8, 4) is 0 Å². The topological polar surface area (TPSA) is 42.2 Å². The van der Waals surface area contributed by atoms with Gasteiger partial charge in [0.05, 0.1) is 5.69 Å². The zero-order valence-electron chi connectivity index (χ0n) is 12.2. The Morgan fingerprint density at radius 3 is 2.72 bits per heavy atom. The van der Waals surface area contributed by atoms with Crippen LogP contribution in [0.2, 0.25) is 0 Å². The number of pyridine rings is 1. The normalized spacial score (nSPS) is 13.0. The number of hydrogen-bond acceptors (Lipinski definition) is 4. The third kappa shape index (κ3) is 3.89. The van der Waals surface area contributed by atoms with Gasteiger partial charge in [-0.15, -0.1) is 0 Å². The van der Waals surface area contributed by atoms with Crippen molar-refractivity contribution >= 4 is 17.4 Å². The molecule has 3 nitrogen and oxygen atoms in total. The Morgan fingerprint density at radius 1 is 1.44 bits per heavy atom. The first-order valence-electron chi connectivity index (χ1n) is 6.37. The number of anilines is 1. The van der Waals surface area contributed by atoms with Crippen molar-refractivity contribution in [2.45, 2.75) is 39.8 Å². The number of aryl methyl sites for hydroxylation is 1. The minimum absolute atomic E-state index is 0.571. The highest BCUT2D eigenvalue weighted by Gasteiger charge is 2.13. The van der Waals surface area contributed by atoms with Gasteiger partial charge < -0.3 is 5.73 Å². The number of nitrogens with zero attached hydrogens (tertiary/aromatic N) is 2. The minimum atomic E-state index is 0.571. The van der Waals surface area contributed by atoms with Crippen molar-refractivity contribution < 1.29 is 0 Å². The third-order valence-corrected chi connectivity index (χ3v) is 4.21. The molecule has 1 aromatic heterocycles.